The van der Waals surface area contributed by atoms with Gasteiger partial charge in [-0.25, -0.2) is 4.98 Å². The SMILES string of the molecule is CCOCCOCc1cccc(NC(=O)c2ccc(Oc3ccc(Br)cc3)nc2)c1. The number of amides is 1. The van der Waals surface area contributed by atoms with Crippen LogP contribution in [0.2, 0.25) is 0 Å². The zero-order chi connectivity index (χ0) is 21.2. The summed E-state index contributed by atoms with van der Waals surface area (Å²) in [5.74, 6) is 0.843. The lowest BCUT2D eigenvalue weighted by Gasteiger charge is -2.09. The summed E-state index contributed by atoms with van der Waals surface area (Å²) >= 11 is 3.38. The van der Waals surface area contributed by atoms with Gasteiger partial charge in [0, 0.05) is 29.0 Å². The smallest absolute Gasteiger partial charge is 0.257 e. The molecule has 3 rings (SSSR count). The Morgan fingerprint density at radius 2 is 1.83 bits per heavy atom. The van der Waals surface area contributed by atoms with Crippen molar-refractivity contribution < 1.29 is 19.0 Å². The third kappa shape index (κ3) is 6.95. The minimum Gasteiger partial charge on any atom is -0.439 e. The van der Waals surface area contributed by atoms with Crippen LogP contribution in [0.15, 0.2) is 71.3 Å². The van der Waals surface area contributed by atoms with Crippen LogP contribution < -0.4 is 10.1 Å². The minimum atomic E-state index is -0.243. The van der Waals surface area contributed by atoms with E-state index in [1.165, 1.54) is 6.20 Å². The zero-order valence-electron chi connectivity index (χ0n) is 16.6. The number of carbonyl (C=O) groups is 1. The number of hydrogen-bond acceptors (Lipinski definition) is 5. The number of halogens is 1. The van der Waals surface area contributed by atoms with Gasteiger partial charge in [0.05, 0.1) is 25.4 Å². The number of rotatable bonds is 10. The van der Waals surface area contributed by atoms with Crippen molar-refractivity contribution in [2.75, 3.05) is 25.1 Å². The molecule has 0 bridgehead atoms. The van der Waals surface area contributed by atoms with Gasteiger partial charge in [-0.05, 0) is 55.0 Å². The lowest BCUT2D eigenvalue weighted by Crippen LogP contribution is -2.12. The number of pyridine rings is 1. The first-order valence-electron chi connectivity index (χ1n) is 9.59. The number of aromatic nitrogens is 1. The number of hydrogen-bond donors (Lipinski definition) is 1. The van der Waals surface area contributed by atoms with E-state index >= 15 is 0 Å². The van der Waals surface area contributed by atoms with Gasteiger partial charge in [-0.3, -0.25) is 4.79 Å². The molecule has 0 fully saturated rings. The molecule has 30 heavy (non-hydrogen) atoms. The first kappa shape index (κ1) is 22.0. The molecule has 0 spiro atoms. The molecule has 0 radical (unpaired) electrons. The van der Waals surface area contributed by atoms with E-state index in [-0.39, 0.29) is 5.91 Å². The number of anilines is 1. The molecule has 0 atom stereocenters. The molecule has 0 aliphatic heterocycles. The van der Waals surface area contributed by atoms with Gasteiger partial charge in [0.15, 0.2) is 0 Å². The second-order valence-corrected chi connectivity index (χ2v) is 7.26. The first-order chi connectivity index (χ1) is 14.6. The predicted octanol–water partition coefficient (Wildman–Crippen LogP) is 5.44. The maximum Gasteiger partial charge on any atom is 0.257 e. The highest BCUT2D eigenvalue weighted by Crippen LogP contribution is 2.22. The lowest BCUT2D eigenvalue weighted by atomic mass is 10.2. The Bertz CT molecular complexity index is 946. The summed E-state index contributed by atoms with van der Waals surface area (Å²) < 4.78 is 17.5. The summed E-state index contributed by atoms with van der Waals surface area (Å²) in [4.78, 5) is 16.7. The summed E-state index contributed by atoms with van der Waals surface area (Å²) in [6.07, 6.45) is 1.49. The van der Waals surface area contributed by atoms with Crippen LogP contribution in [0.3, 0.4) is 0 Å². The molecule has 1 N–H and O–H groups in total. The highest BCUT2D eigenvalue weighted by atomic mass is 79.9. The van der Waals surface area contributed by atoms with Gasteiger partial charge in [0.2, 0.25) is 5.88 Å². The monoisotopic (exact) mass is 470 g/mol. The maximum atomic E-state index is 12.5. The van der Waals surface area contributed by atoms with E-state index in [1.807, 2.05) is 55.5 Å². The van der Waals surface area contributed by atoms with E-state index in [2.05, 4.69) is 26.2 Å². The van der Waals surface area contributed by atoms with Gasteiger partial charge < -0.3 is 19.5 Å². The van der Waals surface area contributed by atoms with E-state index < -0.39 is 0 Å². The molecule has 0 saturated heterocycles. The van der Waals surface area contributed by atoms with Crippen LogP contribution in [-0.4, -0.2) is 30.7 Å². The fraction of sp³-hybridized carbons (Fsp3) is 0.217. The molecule has 156 valence electrons. The summed E-state index contributed by atoms with van der Waals surface area (Å²) in [6.45, 7) is 4.19. The van der Waals surface area contributed by atoms with Gasteiger partial charge >= 0.3 is 0 Å². The molecule has 0 saturated carbocycles. The Morgan fingerprint density at radius 3 is 2.57 bits per heavy atom. The fourth-order valence-corrected chi connectivity index (χ4v) is 2.86. The van der Waals surface area contributed by atoms with Crippen LogP contribution >= 0.6 is 15.9 Å². The number of nitrogens with zero attached hydrogens (tertiary/aromatic N) is 1. The Balaban J connectivity index is 1.54. The highest BCUT2D eigenvalue weighted by molar-refractivity contribution is 9.10. The van der Waals surface area contributed by atoms with Crippen molar-refractivity contribution in [1.29, 1.82) is 0 Å². The summed E-state index contributed by atoms with van der Waals surface area (Å²) in [6, 6.07) is 18.3. The standard InChI is InChI=1S/C23H23BrN2O4/c1-2-28-12-13-29-16-17-4-3-5-20(14-17)26-23(27)18-6-11-22(25-15-18)30-21-9-7-19(24)8-10-21/h3-11,14-15H,2,12-13,16H2,1H3,(H,26,27). The number of ether oxygens (including phenoxy) is 3. The van der Waals surface area contributed by atoms with E-state index in [9.17, 15) is 4.79 Å². The van der Waals surface area contributed by atoms with Crippen LogP contribution in [0.4, 0.5) is 5.69 Å². The molecule has 0 unspecified atom stereocenters. The predicted molar refractivity (Wildman–Crippen MR) is 119 cm³/mol. The molecule has 0 aliphatic rings. The molecule has 1 heterocycles. The Morgan fingerprint density at radius 1 is 1.03 bits per heavy atom. The summed E-state index contributed by atoms with van der Waals surface area (Å²) in [5, 5.41) is 2.88. The third-order valence-corrected chi connectivity index (χ3v) is 4.59. The van der Waals surface area contributed by atoms with Crippen molar-refractivity contribution in [2.24, 2.45) is 0 Å². The highest BCUT2D eigenvalue weighted by Gasteiger charge is 2.08. The van der Waals surface area contributed by atoms with Crippen LogP contribution in [0.5, 0.6) is 11.6 Å². The van der Waals surface area contributed by atoms with Crippen LogP contribution in [0.1, 0.15) is 22.8 Å². The van der Waals surface area contributed by atoms with Gasteiger partial charge in [-0.15, -0.1) is 0 Å². The van der Waals surface area contributed by atoms with Gasteiger partial charge in [0.25, 0.3) is 5.91 Å². The summed E-state index contributed by atoms with van der Waals surface area (Å²) in [7, 11) is 0. The molecule has 6 nitrogen and oxygen atoms in total. The van der Waals surface area contributed by atoms with Crippen molar-refractivity contribution in [1.82, 2.24) is 4.98 Å². The van der Waals surface area contributed by atoms with Crippen molar-refractivity contribution in [3.8, 4) is 11.6 Å². The normalized spacial score (nSPS) is 10.6. The number of nitrogens with one attached hydrogen (secondary N) is 1. The van der Waals surface area contributed by atoms with E-state index in [1.54, 1.807) is 12.1 Å². The number of benzene rings is 2. The van der Waals surface area contributed by atoms with Gasteiger partial charge in [0.1, 0.15) is 5.75 Å². The molecule has 0 aliphatic carbocycles. The average Bonchev–Trinajstić information content (AvgIpc) is 2.76. The molecule has 1 amide bonds. The minimum absolute atomic E-state index is 0.243. The van der Waals surface area contributed by atoms with E-state index in [4.69, 9.17) is 14.2 Å². The maximum absolute atomic E-state index is 12.5. The van der Waals surface area contributed by atoms with Crippen LogP contribution in [0.25, 0.3) is 0 Å². The Hall–Kier alpha value is -2.74. The molecule has 3 aromatic rings. The zero-order valence-corrected chi connectivity index (χ0v) is 18.2. The topological polar surface area (TPSA) is 69.7 Å². The van der Waals surface area contributed by atoms with Crippen molar-refractivity contribution >= 4 is 27.5 Å². The molecular formula is C23H23BrN2O4. The quantitative estimate of drug-likeness (QED) is 0.399. The number of carbonyl (C=O) groups excluding carboxylic acids is 1. The van der Waals surface area contributed by atoms with E-state index in [0.717, 1.165) is 10.0 Å². The molecule has 2 aromatic carbocycles. The Labute approximate surface area is 184 Å². The molecular weight excluding hydrogens is 448 g/mol. The van der Waals surface area contributed by atoms with Crippen molar-refractivity contribution in [2.45, 2.75) is 13.5 Å². The average molecular weight is 471 g/mol. The van der Waals surface area contributed by atoms with Gasteiger partial charge in [-0.2, -0.15) is 0 Å². The fourth-order valence-electron chi connectivity index (χ4n) is 2.59. The third-order valence-electron chi connectivity index (χ3n) is 4.06. The second-order valence-electron chi connectivity index (χ2n) is 6.35. The first-order valence-corrected chi connectivity index (χ1v) is 10.4. The molecule has 7 heteroatoms. The van der Waals surface area contributed by atoms with E-state index in [0.29, 0.717) is 49.3 Å². The van der Waals surface area contributed by atoms with Crippen molar-refractivity contribution in [3.05, 3.63) is 82.5 Å². The molecule has 1 aromatic heterocycles. The van der Waals surface area contributed by atoms with Crippen LogP contribution in [0, 0.1) is 0 Å². The van der Waals surface area contributed by atoms with Crippen LogP contribution in [-0.2, 0) is 16.1 Å². The van der Waals surface area contributed by atoms with Gasteiger partial charge in [-0.1, -0.05) is 28.1 Å². The second kappa shape index (κ2) is 11.4. The van der Waals surface area contributed by atoms with Crippen molar-refractivity contribution in [3.63, 3.8) is 0 Å². The summed E-state index contributed by atoms with van der Waals surface area (Å²) in [5.41, 5.74) is 2.11. The largest absolute Gasteiger partial charge is 0.439 e. The lowest BCUT2D eigenvalue weighted by molar-refractivity contribution is 0.0453. The Kier molecular flexibility index (Phi) is 8.38.